The molecule has 1 atom stereocenters. The molecule has 0 spiro atoms. The standard InChI is InChI=1S/C21H30N2O/c1-3-11-23(12-4-2)15-21(24)17-9-10-20-18(14-17)13-16-7-5-6-8-19(16)22-20/h9-10,13-14,21,24H,3-8,11-12,15H2,1-2H3. The minimum Gasteiger partial charge on any atom is -0.387 e. The Labute approximate surface area is 145 Å². The third kappa shape index (κ3) is 3.96. The fourth-order valence-electron chi connectivity index (χ4n) is 3.80. The van der Waals surface area contributed by atoms with E-state index in [1.807, 2.05) is 6.07 Å². The zero-order valence-electron chi connectivity index (χ0n) is 15.1. The smallest absolute Gasteiger partial charge is 0.0917 e. The molecule has 3 rings (SSSR count). The lowest BCUT2D eigenvalue weighted by atomic mass is 9.94. The molecule has 0 radical (unpaired) electrons. The van der Waals surface area contributed by atoms with Crippen molar-refractivity contribution in [3.8, 4) is 0 Å². The van der Waals surface area contributed by atoms with E-state index in [-0.39, 0.29) is 0 Å². The van der Waals surface area contributed by atoms with Crippen LogP contribution in [-0.2, 0) is 12.8 Å². The molecule has 2 aromatic rings. The molecule has 130 valence electrons. The third-order valence-electron chi connectivity index (χ3n) is 5.01. The maximum absolute atomic E-state index is 10.7. The van der Waals surface area contributed by atoms with Crippen LogP contribution >= 0.6 is 0 Å². The van der Waals surface area contributed by atoms with Gasteiger partial charge in [-0.1, -0.05) is 19.9 Å². The number of hydrogen-bond donors (Lipinski definition) is 1. The molecule has 0 amide bonds. The number of nitrogens with zero attached hydrogens (tertiary/aromatic N) is 2. The Kier molecular flexibility index (Phi) is 5.85. The van der Waals surface area contributed by atoms with Gasteiger partial charge in [0.15, 0.2) is 0 Å². The average Bonchev–Trinajstić information content (AvgIpc) is 2.59. The minimum atomic E-state index is -0.427. The summed E-state index contributed by atoms with van der Waals surface area (Å²) >= 11 is 0. The first kappa shape index (κ1) is 17.4. The molecule has 0 saturated heterocycles. The quantitative estimate of drug-likeness (QED) is 0.825. The van der Waals surface area contributed by atoms with Crippen LogP contribution < -0.4 is 0 Å². The molecule has 24 heavy (non-hydrogen) atoms. The molecule has 0 aliphatic heterocycles. The van der Waals surface area contributed by atoms with Crippen LogP contribution in [0, 0.1) is 0 Å². The molecule has 0 fully saturated rings. The summed E-state index contributed by atoms with van der Waals surface area (Å²) in [7, 11) is 0. The van der Waals surface area contributed by atoms with E-state index in [0.29, 0.717) is 6.54 Å². The first-order valence-corrected chi connectivity index (χ1v) is 9.54. The van der Waals surface area contributed by atoms with E-state index < -0.39 is 6.10 Å². The van der Waals surface area contributed by atoms with Gasteiger partial charge >= 0.3 is 0 Å². The molecular weight excluding hydrogens is 296 g/mol. The molecule has 1 unspecified atom stereocenters. The highest BCUT2D eigenvalue weighted by atomic mass is 16.3. The van der Waals surface area contributed by atoms with Gasteiger partial charge in [0.2, 0.25) is 0 Å². The van der Waals surface area contributed by atoms with Crippen LogP contribution in [0.5, 0.6) is 0 Å². The van der Waals surface area contributed by atoms with Crippen molar-refractivity contribution in [3.63, 3.8) is 0 Å². The Bertz CT molecular complexity index is 677. The number of aliphatic hydroxyl groups is 1. The number of pyridine rings is 1. The first-order valence-electron chi connectivity index (χ1n) is 9.54. The van der Waals surface area contributed by atoms with Crippen molar-refractivity contribution in [2.75, 3.05) is 19.6 Å². The van der Waals surface area contributed by atoms with Gasteiger partial charge in [-0.05, 0) is 80.9 Å². The summed E-state index contributed by atoms with van der Waals surface area (Å²) in [6.07, 6.45) is 6.60. The lowest BCUT2D eigenvalue weighted by molar-refractivity contribution is 0.113. The number of hydrogen-bond acceptors (Lipinski definition) is 3. The number of rotatable bonds is 7. The number of aliphatic hydroxyl groups excluding tert-OH is 1. The molecule has 0 bridgehead atoms. The molecular formula is C21H30N2O. The van der Waals surface area contributed by atoms with Crippen LogP contribution in [0.1, 0.15) is 62.5 Å². The Morgan fingerprint density at radius 3 is 2.58 bits per heavy atom. The van der Waals surface area contributed by atoms with E-state index >= 15 is 0 Å². The molecule has 1 aliphatic rings. The second-order valence-corrected chi connectivity index (χ2v) is 7.07. The minimum absolute atomic E-state index is 0.427. The molecule has 1 heterocycles. The second-order valence-electron chi connectivity index (χ2n) is 7.07. The van der Waals surface area contributed by atoms with E-state index in [9.17, 15) is 5.11 Å². The van der Waals surface area contributed by atoms with Gasteiger partial charge in [0.05, 0.1) is 11.6 Å². The monoisotopic (exact) mass is 326 g/mol. The Hall–Kier alpha value is -1.45. The van der Waals surface area contributed by atoms with Crippen LogP contribution in [0.3, 0.4) is 0 Å². The van der Waals surface area contributed by atoms with Gasteiger partial charge in [-0.15, -0.1) is 0 Å². The number of benzene rings is 1. The highest BCUT2D eigenvalue weighted by molar-refractivity contribution is 5.80. The van der Waals surface area contributed by atoms with Gasteiger partial charge in [-0.25, -0.2) is 0 Å². The first-order chi connectivity index (χ1) is 11.7. The van der Waals surface area contributed by atoms with E-state index in [1.54, 1.807) is 0 Å². The summed E-state index contributed by atoms with van der Waals surface area (Å²) in [6, 6.07) is 8.55. The molecule has 1 aromatic carbocycles. The number of aryl methyl sites for hydroxylation is 2. The topological polar surface area (TPSA) is 36.4 Å². The van der Waals surface area contributed by atoms with E-state index in [2.05, 4.69) is 36.9 Å². The van der Waals surface area contributed by atoms with Crippen LogP contribution in [0.25, 0.3) is 10.9 Å². The Morgan fingerprint density at radius 1 is 1.08 bits per heavy atom. The van der Waals surface area contributed by atoms with Gasteiger partial charge in [0.25, 0.3) is 0 Å². The average molecular weight is 326 g/mol. The maximum Gasteiger partial charge on any atom is 0.0917 e. The van der Waals surface area contributed by atoms with Gasteiger partial charge in [-0.2, -0.15) is 0 Å². The summed E-state index contributed by atoms with van der Waals surface area (Å²) in [5.74, 6) is 0. The van der Waals surface area contributed by atoms with Crippen molar-refractivity contribution >= 4 is 10.9 Å². The predicted octanol–water partition coefficient (Wildman–Crippen LogP) is 4.27. The number of aromatic nitrogens is 1. The zero-order chi connectivity index (χ0) is 16.9. The van der Waals surface area contributed by atoms with Crippen molar-refractivity contribution in [1.29, 1.82) is 0 Å². The summed E-state index contributed by atoms with van der Waals surface area (Å²) in [5.41, 5.74) is 4.75. The zero-order valence-corrected chi connectivity index (χ0v) is 15.1. The second kappa shape index (κ2) is 8.09. The molecule has 3 nitrogen and oxygen atoms in total. The van der Waals surface area contributed by atoms with Crippen molar-refractivity contribution in [3.05, 3.63) is 41.1 Å². The Morgan fingerprint density at radius 2 is 1.83 bits per heavy atom. The van der Waals surface area contributed by atoms with Crippen LogP contribution in [0.4, 0.5) is 0 Å². The summed E-state index contributed by atoms with van der Waals surface area (Å²) in [4.78, 5) is 7.21. The lowest BCUT2D eigenvalue weighted by Crippen LogP contribution is -2.30. The van der Waals surface area contributed by atoms with Gasteiger partial charge < -0.3 is 10.0 Å². The molecule has 1 N–H and O–H groups in total. The normalized spacial score (nSPS) is 15.7. The van der Waals surface area contributed by atoms with E-state index in [0.717, 1.165) is 49.9 Å². The van der Waals surface area contributed by atoms with E-state index in [4.69, 9.17) is 4.98 Å². The summed E-state index contributed by atoms with van der Waals surface area (Å²) < 4.78 is 0. The van der Waals surface area contributed by atoms with Crippen molar-refractivity contribution < 1.29 is 5.11 Å². The lowest BCUT2D eigenvalue weighted by Gasteiger charge is -2.24. The van der Waals surface area contributed by atoms with Gasteiger partial charge in [0.1, 0.15) is 0 Å². The molecule has 1 aromatic heterocycles. The predicted molar refractivity (Wildman–Crippen MR) is 100 cm³/mol. The Balaban J connectivity index is 1.81. The highest BCUT2D eigenvalue weighted by Crippen LogP contribution is 2.26. The van der Waals surface area contributed by atoms with E-state index in [1.165, 1.54) is 29.5 Å². The largest absolute Gasteiger partial charge is 0.387 e. The fraction of sp³-hybridized carbons (Fsp3) is 0.571. The highest BCUT2D eigenvalue weighted by Gasteiger charge is 2.15. The van der Waals surface area contributed by atoms with Crippen molar-refractivity contribution in [2.24, 2.45) is 0 Å². The van der Waals surface area contributed by atoms with Gasteiger partial charge in [-0.3, -0.25) is 4.98 Å². The molecule has 3 heteroatoms. The third-order valence-corrected chi connectivity index (χ3v) is 5.01. The van der Waals surface area contributed by atoms with Crippen LogP contribution in [-0.4, -0.2) is 34.6 Å². The van der Waals surface area contributed by atoms with Crippen molar-refractivity contribution in [1.82, 2.24) is 9.88 Å². The van der Waals surface area contributed by atoms with Crippen molar-refractivity contribution in [2.45, 2.75) is 58.5 Å². The van der Waals surface area contributed by atoms with Crippen LogP contribution in [0.15, 0.2) is 24.3 Å². The maximum atomic E-state index is 10.7. The SMILES string of the molecule is CCCN(CCC)CC(O)c1ccc2nc3c(cc2c1)CCCC3. The summed E-state index contributed by atoms with van der Waals surface area (Å²) in [6.45, 7) is 7.20. The van der Waals surface area contributed by atoms with Crippen LogP contribution in [0.2, 0.25) is 0 Å². The van der Waals surface area contributed by atoms with Gasteiger partial charge in [0, 0.05) is 17.6 Å². The molecule has 1 aliphatic carbocycles. The summed E-state index contributed by atoms with van der Waals surface area (Å²) in [5, 5.41) is 11.9. The number of fused-ring (bicyclic) bond motifs is 2. The fourth-order valence-corrected chi connectivity index (χ4v) is 3.80. The molecule has 0 saturated carbocycles.